The summed E-state index contributed by atoms with van der Waals surface area (Å²) in [4.78, 5) is 2.27. The lowest BCUT2D eigenvalue weighted by Gasteiger charge is -2.27. The number of aliphatic hydroxyl groups excluding tert-OH is 1. The molecule has 1 aromatic carbocycles. The van der Waals surface area contributed by atoms with Crippen LogP contribution in [0.2, 0.25) is 5.02 Å². The molecule has 1 fully saturated rings. The van der Waals surface area contributed by atoms with Crippen LogP contribution in [0.4, 0.5) is 5.69 Å². The molecule has 2 rings (SSSR count). The van der Waals surface area contributed by atoms with E-state index in [0.29, 0.717) is 11.1 Å². The van der Waals surface area contributed by atoms with Gasteiger partial charge < -0.3 is 10.0 Å². The van der Waals surface area contributed by atoms with Crippen LogP contribution in [0.15, 0.2) is 18.2 Å². The van der Waals surface area contributed by atoms with Gasteiger partial charge in [0.25, 0.3) is 0 Å². The van der Waals surface area contributed by atoms with Gasteiger partial charge in [0.05, 0.1) is 6.61 Å². The normalized spacial score (nSPS) is 17.2. The van der Waals surface area contributed by atoms with E-state index in [2.05, 4.69) is 18.9 Å². The number of hydrogen-bond donors (Lipinski definition) is 1. The summed E-state index contributed by atoms with van der Waals surface area (Å²) in [5.74, 6) is 0.835. The first-order valence-corrected chi connectivity index (χ1v) is 6.13. The molecular formula is C13H18ClNO. The van der Waals surface area contributed by atoms with Crippen molar-refractivity contribution in [3.63, 3.8) is 0 Å². The van der Waals surface area contributed by atoms with E-state index in [1.54, 1.807) is 0 Å². The van der Waals surface area contributed by atoms with Gasteiger partial charge in [0, 0.05) is 23.8 Å². The van der Waals surface area contributed by atoms with Crippen molar-refractivity contribution in [3.8, 4) is 0 Å². The van der Waals surface area contributed by atoms with Gasteiger partial charge in [0.15, 0.2) is 0 Å². The zero-order valence-electron chi connectivity index (χ0n) is 9.78. The third-order valence-electron chi connectivity index (χ3n) is 3.53. The number of rotatable bonds is 4. The first-order valence-electron chi connectivity index (χ1n) is 5.75. The molecule has 0 spiro atoms. The summed E-state index contributed by atoms with van der Waals surface area (Å²) < 4.78 is 0. The minimum Gasteiger partial charge on any atom is -0.392 e. The van der Waals surface area contributed by atoms with Crippen molar-refractivity contribution < 1.29 is 5.11 Å². The molecule has 3 heteroatoms. The van der Waals surface area contributed by atoms with Gasteiger partial charge in [-0.3, -0.25) is 0 Å². The molecule has 0 saturated heterocycles. The van der Waals surface area contributed by atoms with Crippen LogP contribution in [-0.2, 0) is 6.61 Å². The second kappa shape index (κ2) is 4.64. The summed E-state index contributed by atoms with van der Waals surface area (Å²) in [6.07, 6.45) is 2.68. The molecular weight excluding hydrogens is 222 g/mol. The zero-order valence-corrected chi connectivity index (χ0v) is 10.5. The fourth-order valence-corrected chi connectivity index (χ4v) is 2.25. The molecule has 1 saturated carbocycles. The largest absolute Gasteiger partial charge is 0.392 e. The fourth-order valence-electron chi connectivity index (χ4n) is 2.01. The molecule has 88 valence electrons. The van der Waals surface area contributed by atoms with Gasteiger partial charge in [-0.15, -0.1) is 0 Å². The van der Waals surface area contributed by atoms with Crippen molar-refractivity contribution in [2.24, 2.45) is 5.92 Å². The fraction of sp³-hybridized carbons (Fsp3) is 0.538. The number of aliphatic hydroxyl groups is 1. The SMILES string of the molecule is CC(C1CC1)N(C)c1ccc(CO)c(Cl)c1. The lowest BCUT2D eigenvalue weighted by molar-refractivity contribution is 0.282. The van der Waals surface area contributed by atoms with Gasteiger partial charge in [0.1, 0.15) is 0 Å². The van der Waals surface area contributed by atoms with Gasteiger partial charge in [0.2, 0.25) is 0 Å². The highest BCUT2D eigenvalue weighted by molar-refractivity contribution is 6.31. The number of benzene rings is 1. The Labute approximate surface area is 102 Å². The van der Waals surface area contributed by atoms with Crippen LogP contribution in [-0.4, -0.2) is 18.2 Å². The average molecular weight is 240 g/mol. The van der Waals surface area contributed by atoms with Gasteiger partial charge in [-0.1, -0.05) is 17.7 Å². The predicted octanol–water partition coefficient (Wildman–Crippen LogP) is 3.07. The Hall–Kier alpha value is -0.730. The van der Waals surface area contributed by atoms with Gasteiger partial charge in [-0.05, 0) is 43.4 Å². The smallest absolute Gasteiger partial charge is 0.0696 e. The molecule has 0 bridgehead atoms. The minimum atomic E-state index is 0.000998. The Bertz CT molecular complexity index is 376. The molecule has 0 radical (unpaired) electrons. The van der Waals surface area contributed by atoms with Crippen LogP contribution in [0.3, 0.4) is 0 Å². The van der Waals surface area contributed by atoms with Crippen LogP contribution in [0.25, 0.3) is 0 Å². The van der Waals surface area contributed by atoms with Crippen LogP contribution >= 0.6 is 11.6 Å². The van der Waals surface area contributed by atoms with E-state index >= 15 is 0 Å². The Morgan fingerprint density at radius 3 is 2.69 bits per heavy atom. The number of hydrogen-bond acceptors (Lipinski definition) is 2. The van der Waals surface area contributed by atoms with Gasteiger partial charge in [-0.2, -0.15) is 0 Å². The Morgan fingerprint density at radius 1 is 1.50 bits per heavy atom. The average Bonchev–Trinajstić information content (AvgIpc) is 3.11. The summed E-state index contributed by atoms with van der Waals surface area (Å²) in [5.41, 5.74) is 1.92. The summed E-state index contributed by atoms with van der Waals surface area (Å²) in [7, 11) is 2.10. The van der Waals surface area contributed by atoms with E-state index < -0.39 is 0 Å². The molecule has 1 atom stereocenters. The summed E-state index contributed by atoms with van der Waals surface area (Å²) in [5, 5.41) is 9.71. The third-order valence-corrected chi connectivity index (χ3v) is 3.88. The molecule has 1 aromatic rings. The topological polar surface area (TPSA) is 23.5 Å². The monoisotopic (exact) mass is 239 g/mol. The molecule has 1 unspecified atom stereocenters. The van der Waals surface area contributed by atoms with E-state index in [9.17, 15) is 0 Å². The molecule has 16 heavy (non-hydrogen) atoms. The second-order valence-corrected chi connectivity index (χ2v) is 5.03. The van der Waals surface area contributed by atoms with Crippen molar-refractivity contribution in [1.29, 1.82) is 0 Å². The van der Waals surface area contributed by atoms with Gasteiger partial charge in [-0.25, -0.2) is 0 Å². The molecule has 2 nitrogen and oxygen atoms in total. The highest BCUT2D eigenvalue weighted by Gasteiger charge is 2.30. The van der Waals surface area contributed by atoms with E-state index in [0.717, 1.165) is 17.2 Å². The number of nitrogens with zero attached hydrogens (tertiary/aromatic N) is 1. The van der Waals surface area contributed by atoms with Crippen LogP contribution in [0, 0.1) is 5.92 Å². The standard InChI is InChI=1S/C13H18ClNO/c1-9(10-3-4-10)15(2)12-6-5-11(8-16)13(14)7-12/h5-7,9-10,16H,3-4,8H2,1-2H3. The van der Waals surface area contributed by atoms with Crippen molar-refractivity contribution in [2.45, 2.75) is 32.4 Å². The van der Waals surface area contributed by atoms with Crippen molar-refractivity contribution >= 4 is 17.3 Å². The quantitative estimate of drug-likeness (QED) is 0.873. The second-order valence-electron chi connectivity index (χ2n) is 4.62. The predicted molar refractivity (Wildman–Crippen MR) is 68.0 cm³/mol. The van der Waals surface area contributed by atoms with E-state index in [1.165, 1.54) is 12.8 Å². The summed E-state index contributed by atoms with van der Waals surface area (Å²) in [6, 6.07) is 6.42. The van der Waals surface area contributed by atoms with Gasteiger partial charge >= 0.3 is 0 Å². The van der Waals surface area contributed by atoms with Crippen molar-refractivity contribution in [1.82, 2.24) is 0 Å². The minimum absolute atomic E-state index is 0.000998. The lowest BCUT2D eigenvalue weighted by atomic mass is 10.1. The van der Waals surface area contributed by atoms with Crippen molar-refractivity contribution in [2.75, 3.05) is 11.9 Å². The molecule has 1 aliphatic rings. The Kier molecular flexibility index (Phi) is 3.41. The summed E-state index contributed by atoms with van der Waals surface area (Å²) in [6.45, 7) is 2.26. The third kappa shape index (κ3) is 2.33. The number of halogens is 1. The number of anilines is 1. The maximum Gasteiger partial charge on any atom is 0.0696 e. The molecule has 0 amide bonds. The zero-order chi connectivity index (χ0) is 11.7. The molecule has 0 aliphatic heterocycles. The Morgan fingerprint density at radius 2 is 2.19 bits per heavy atom. The van der Waals surface area contributed by atoms with Crippen molar-refractivity contribution in [3.05, 3.63) is 28.8 Å². The summed E-state index contributed by atoms with van der Waals surface area (Å²) >= 11 is 6.09. The highest BCUT2D eigenvalue weighted by atomic mass is 35.5. The Balaban J connectivity index is 2.16. The first kappa shape index (κ1) is 11.7. The lowest BCUT2D eigenvalue weighted by Crippen LogP contribution is -2.30. The van der Waals surface area contributed by atoms with Crippen LogP contribution in [0.5, 0.6) is 0 Å². The molecule has 1 N–H and O–H groups in total. The maximum atomic E-state index is 9.06. The first-order chi connectivity index (χ1) is 7.63. The maximum absolute atomic E-state index is 9.06. The van der Waals surface area contributed by atoms with Crippen LogP contribution in [0.1, 0.15) is 25.3 Å². The molecule has 0 heterocycles. The van der Waals surface area contributed by atoms with E-state index in [1.807, 2.05) is 18.2 Å². The molecule has 0 aromatic heterocycles. The van der Waals surface area contributed by atoms with E-state index in [-0.39, 0.29) is 6.61 Å². The molecule has 1 aliphatic carbocycles. The highest BCUT2D eigenvalue weighted by Crippen LogP contribution is 2.36. The van der Waals surface area contributed by atoms with E-state index in [4.69, 9.17) is 16.7 Å². The van der Waals surface area contributed by atoms with Crippen LogP contribution < -0.4 is 4.90 Å².